The van der Waals surface area contributed by atoms with Gasteiger partial charge in [-0.2, -0.15) is 0 Å². The van der Waals surface area contributed by atoms with Crippen molar-refractivity contribution in [2.75, 3.05) is 16.8 Å². The average molecular weight is 460 g/mol. The van der Waals surface area contributed by atoms with Gasteiger partial charge >= 0.3 is 0 Å². The number of aryl methyl sites for hydroxylation is 3. The Hall–Kier alpha value is -3.59. The predicted molar refractivity (Wildman–Crippen MR) is 123 cm³/mol. The van der Waals surface area contributed by atoms with Gasteiger partial charge in [-0.15, -0.1) is 0 Å². The lowest BCUT2D eigenvalue weighted by Crippen LogP contribution is -2.54. The molecule has 0 radical (unpaired) electrons. The minimum absolute atomic E-state index is 0.103. The number of amides is 3. The van der Waals surface area contributed by atoms with Gasteiger partial charge in [-0.05, 0) is 57.4 Å². The second-order valence-electron chi connectivity index (χ2n) is 9.87. The first-order valence-corrected chi connectivity index (χ1v) is 11.5. The van der Waals surface area contributed by atoms with Crippen LogP contribution in [-0.4, -0.2) is 40.1 Å². The van der Waals surface area contributed by atoms with E-state index < -0.39 is 28.2 Å². The minimum atomic E-state index is -1.23. The average Bonchev–Trinajstić information content (AvgIpc) is 3.48. The highest BCUT2D eigenvalue weighted by Crippen LogP contribution is 2.61. The molecule has 3 saturated heterocycles. The Balaban J connectivity index is 1.54. The monoisotopic (exact) mass is 460 g/mol. The second kappa shape index (κ2) is 6.73. The van der Waals surface area contributed by atoms with Crippen molar-refractivity contribution in [2.24, 2.45) is 11.8 Å². The molecule has 4 heterocycles. The standard InChI is InChI=1S/C25H24N4O5/c1-12-9-14(3)21-16(10-12)25(24(32)26-21)20-19(18-5-4-8-27(18)25)22(30)28(23(20)31)17-7-6-15(29(33)34)11-13(17)2/h6-7,9-11,18-20H,4-5,8H2,1-3H3,(H,26,32)/t18-,19+,20+,25-/m1/s1. The van der Waals surface area contributed by atoms with Crippen molar-refractivity contribution in [1.29, 1.82) is 0 Å². The van der Waals surface area contributed by atoms with Crippen LogP contribution in [-0.2, 0) is 19.9 Å². The number of benzene rings is 2. The summed E-state index contributed by atoms with van der Waals surface area (Å²) in [6.07, 6.45) is 1.59. The summed E-state index contributed by atoms with van der Waals surface area (Å²) in [4.78, 5) is 55.6. The topological polar surface area (TPSA) is 113 Å². The zero-order chi connectivity index (χ0) is 24.1. The van der Waals surface area contributed by atoms with E-state index in [1.807, 2.05) is 26.0 Å². The van der Waals surface area contributed by atoms with Gasteiger partial charge in [0.25, 0.3) is 5.69 Å². The van der Waals surface area contributed by atoms with Crippen LogP contribution in [0.1, 0.15) is 35.1 Å². The number of nitro groups is 1. The van der Waals surface area contributed by atoms with E-state index in [0.29, 0.717) is 17.8 Å². The van der Waals surface area contributed by atoms with E-state index in [-0.39, 0.29) is 23.5 Å². The fraction of sp³-hybridized carbons (Fsp3) is 0.400. The summed E-state index contributed by atoms with van der Waals surface area (Å²) in [5.74, 6) is -2.47. The summed E-state index contributed by atoms with van der Waals surface area (Å²) in [7, 11) is 0. The summed E-state index contributed by atoms with van der Waals surface area (Å²) in [5.41, 5.74) is 2.91. The van der Waals surface area contributed by atoms with Crippen LogP contribution in [0.15, 0.2) is 30.3 Å². The van der Waals surface area contributed by atoms with Gasteiger partial charge in [-0.3, -0.25) is 29.4 Å². The molecule has 6 rings (SSSR count). The predicted octanol–water partition coefficient (Wildman–Crippen LogP) is 2.95. The zero-order valence-corrected chi connectivity index (χ0v) is 19.1. The first kappa shape index (κ1) is 21.0. The van der Waals surface area contributed by atoms with Gasteiger partial charge in [0.05, 0.1) is 22.4 Å². The van der Waals surface area contributed by atoms with Crippen molar-refractivity contribution in [1.82, 2.24) is 4.90 Å². The number of imide groups is 1. The molecular weight excluding hydrogens is 436 g/mol. The molecule has 174 valence electrons. The molecule has 3 fully saturated rings. The maximum atomic E-state index is 14.1. The molecule has 2 aromatic carbocycles. The third-order valence-electron chi connectivity index (χ3n) is 8.08. The molecular formula is C25H24N4O5. The lowest BCUT2D eigenvalue weighted by atomic mass is 9.75. The number of nitrogens with zero attached hydrogens (tertiary/aromatic N) is 3. The van der Waals surface area contributed by atoms with Crippen LogP contribution in [0, 0.1) is 42.7 Å². The van der Waals surface area contributed by atoms with Crippen molar-refractivity contribution in [3.05, 3.63) is 62.7 Å². The Bertz CT molecular complexity index is 1340. The van der Waals surface area contributed by atoms with Crippen LogP contribution in [0.2, 0.25) is 0 Å². The maximum Gasteiger partial charge on any atom is 0.269 e. The van der Waals surface area contributed by atoms with E-state index in [1.54, 1.807) is 6.92 Å². The number of rotatable bonds is 2. The SMILES string of the molecule is Cc1cc(C)c2c(c1)[C@]1(C(=O)N2)[C@@H]2C(=O)N(c3ccc([N+](=O)[O-])cc3C)C(=O)[C@H]2[C@H]2CCCN21. The lowest BCUT2D eigenvalue weighted by Gasteiger charge is -2.37. The fourth-order valence-electron chi connectivity index (χ4n) is 6.90. The number of hydrogen-bond acceptors (Lipinski definition) is 6. The fourth-order valence-corrected chi connectivity index (χ4v) is 6.90. The molecule has 0 bridgehead atoms. The third-order valence-corrected chi connectivity index (χ3v) is 8.08. The first-order valence-electron chi connectivity index (χ1n) is 11.5. The first-order chi connectivity index (χ1) is 16.2. The Morgan fingerprint density at radius 2 is 1.82 bits per heavy atom. The van der Waals surface area contributed by atoms with Crippen LogP contribution in [0.5, 0.6) is 0 Å². The van der Waals surface area contributed by atoms with E-state index >= 15 is 0 Å². The molecule has 1 spiro atoms. The van der Waals surface area contributed by atoms with Crippen LogP contribution in [0.3, 0.4) is 0 Å². The number of nitro benzene ring substituents is 1. The summed E-state index contributed by atoms with van der Waals surface area (Å²) in [6, 6.07) is 7.89. The molecule has 4 aliphatic rings. The van der Waals surface area contributed by atoms with Gasteiger partial charge in [-0.1, -0.05) is 17.7 Å². The quantitative estimate of drug-likeness (QED) is 0.419. The highest BCUT2D eigenvalue weighted by atomic mass is 16.6. The number of anilines is 2. The summed E-state index contributed by atoms with van der Waals surface area (Å²) < 4.78 is 0. The molecule has 4 aliphatic heterocycles. The van der Waals surface area contributed by atoms with Crippen LogP contribution in [0.4, 0.5) is 17.1 Å². The van der Waals surface area contributed by atoms with E-state index in [9.17, 15) is 24.5 Å². The Morgan fingerprint density at radius 3 is 2.53 bits per heavy atom. The van der Waals surface area contributed by atoms with Crippen LogP contribution >= 0.6 is 0 Å². The Labute approximate surface area is 195 Å². The van der Waals surface area contributed by atoms with Crippen LogP contribution in [0.25, 0.3) is 0 Å². The summed E-state index contributed by atoms with van der Waals surface area (Å²) in [6.45, 7) is 6.20. The number of carbonyl (C=O) groups is 3. The molecule has 2 aromatic rings. The molecule has 9 heteroatoms. The molecule has 34 heavy (non-hydrogen) atoms. The van der Waals surface area contributed by atoms with Gasteiger partial charge in [0.2, 0.25) is 17.7 Å². The van der Waals surface area contributed by atoms with Gasteiger partial charge in [-0.25, -0.2) is 4.90 Å². The van der Waals surface area contributed by atoms with E-state index in [2.05, 4.69) is 10.2 Å². The number of hydrogen-bond donors (Lipinski definition) is 1. The molecule has 0 unspecified atom stereocenters. The highest BCUT2D eigenvalue weighted by Gasteiger charge is 2.74. The number of carbonyl (C=O) groups excluding carboxylic acids is 3. The molecule has 0 aromatic heterocycles. The molecule has 4 atom stereocenters. The second-order valence-corrected chi connectivity index (χ2v) is 9.87. The number of fused-ring (bicyclic) bond motifs is 7. The van der Waals surface area contributed by atoms with Crippen molar-refractivity contribution in [3.8, 4) is 0 Å². The number of non-ortho nitro benzene ring substituents is 1. The minimum Gasteiger partial charge on any atom is -0.324 e. The van der Waals surface area contributed by atoms with Crippen molar-refractivity contribution < 1.29 is 19.3 Å². The van der Waals surface area contributed by atoms with E-state index in [0.717, 1.165) is 35.2 Å². The highest BCUT2D eigenvalue weighted by molar-refractivity contribution is 6.26. The lowest BCUT2D eigenvalue weighted by molar-refractivity contribution is -0.384. The maximum absolute atomic E-state index is 14.1. The molecule has 3 amide bonds. The summed E-state index contributed by atoms with van der Waals surface area (Å²) in [5, 5.41) is 14.2. The van der Waals surface area contributed by atoms with Gasteiger partial charge in [0.1, 0.15) is 5.54 Å². The normalized spacial score (nSPS) is 29.6. The van der Waals surface area contributed by atoms with Gasteiger partial charge in [0, 0.05) is 29.4 Å². The Morgan fingerprint density at radius 1 is 1.06 bits per heavy atom. The van der Waals surface area contributed by atoms with Gasteiger partial charge in [0.15, 0.2) is 0 Å². The zero-order valence-electron chi connectivity index (χ0n) is 19.1. The van der Waals surface area contributed by atoms with Crippen LogP contribution < -0.4 is 10.2 Å². The molecule has 9 nitrogen and oxygen atoms in total. The smallest absolute Gasteiger partial charge is 0.269 e. The van der Waals surface area contributed by atoms with Crippen molar-refractivity contribution in [2.45, 2.75) is 45.2 Å². The third kappa shape index (κ3) is 2.34. The molecule has 1 N–H and O–H groups in total. The largest absolute Gasteiger partial charge is 0.324 e. The molecule has 0 saturated carbocycles. The summed E-state index contributed by atoms with van der Waals surface area (Å²) >= 11 is 0. The Kier molecular flexibility index (Phi) is 4.15. The van der Waals surface area contributed by atoms with Crippen molar-refractivity contribution in [3.63, 3.8) is 0 Å². The van der Waals surface area contributed by atoms with Gasteiger partial charge < -0.3 is 5.32 Å². The molecule has 0 aliphatic carbocycles. The van der Waals surface area contributed by atoms with E-state index in [4.69, 9.17) is 0 Å². The van der Waals surface area contributed by atoms with Crippen molar-refractivity contribution >= 4 is 34.8 Å². The van der Waals surface area contributed by atoms with E-state index in [1.165, 1.54) is 23.1 Å². The number of nitrogens with one attached hydrogen (secondary N) is 1.